The zero-order valence-electron chi connectivity index (χ0n) is 6.05. The monoisotopic (exact) mass is 142 g/mol. The number of hydrogen-bond donors (Lipinski definition) is 2. The molecule has 10 heavy (non-hydrogen) atoms. The molecule has 1 heterocycles. The molecule has 1 fully saturated rings. The molecule has 2 unspecified atom stereocenters. The summed E-state index contributed by atoms with van der Waals surface area (Å²) < 4.78 is 0. The highest BCUT2D eigenvalue weighted by molar-refractivity contribution is 5.49. The normalized spacial score (nSPS) is 33.7. The van der Waals surface area contributed by atoms with Crippen molar-refractivity contribution in [2.75, 3.05) is 13.1 Å². The van der Waals surface area contributed by atoms with Crippen LogP contribution >= 0.6 is 0 Å². The van der Waals surface area contributed by atoms with E-state index in [0.717, 1.165) is 25.8 Å². The van der Waals surface area contributed by atoms with Crippen LogP contribution in [0.25, 0.3) is 0 Å². The van der Waals surface area contributed by atoms with Gasteiger partial charge in [-0.2, -0.15) is 0 Å². The Kier molecular flexibility index (Phi) is 2.83. The van der Waals surface area contributed by atoms with Crippen LogP contribution in [0.2, 0.25) is 0 Å². The molecule has 0 aliphatic carbocycles. The quantitative estimate of drug-likeness (QED) is 0.512. The number of nitrogens with two attached hydrogens (primary N) is 1. The molecule has 3 heteroatoms. The molecule has 2 atom stereocenters. The molecule has 0 aromatic carbocycles. The average molecular weight is 142 g/mol. The summed E-state index contributed by atoms with van der Waals surface area (Å²) in [5.74, 6) is 0.416. The van der Waals surface area contributed by atoms with E-state index >= 15 is 0 Å². The average Bonchev–Trinajstić information content (AvgIpc) is 1.94. The maximum absolute atomic E-state index is 10.1. The molecule has 58 valence electrons. The molecular weight excluding hydrogens is 128 g/mol. The van der Waals surface area contributed by atoms with Crippen molar-refractivity contribution < 1.29 is 4.79 Å². The molecule has 1 aliphatic rings. The first-order valence-corrected chi connectivity index (χ1v) is 3.74. The van der Waals surface area contributed by atoms with Crippen molar-refractivity contribution in [3.8, 4) is 0 Å². The maximum Gasteiger partial charge on any atom is 0.120 e. The smallest absolute Gasteiger partial charge is 0.120 e. The van der Waals surface area contributed by atoms with E-state index < -0.39 is 0 Å². The second-order valence-electron chi connectivity index (χ2n) is 2.82. The van der Waals surface area contributed by atoms with Gasteiger partial charge in [0.15, 0.2) is 0 Å². The van der Waals surface area contributed by atoms with E-state index in [-0.39, 0.29) is 6.04 Å². The van der Waals surface area contributed by atoms with Gasteiger partial charge in [0, 0.05) is 19.0 Å². The molecule has 0 radical (unpaired) electrons. The van der Waals surface area contributed by atoms with Gasteiger partial charge in [0.1, 0.15) is 6.29 Å². The summed E-state index contributed by atoms with van der Waals surface area (Å²) in [6.45, 7) is 1.87. The van der Waals surface area contributed by atoms with Crippen molar-refractivity contribution in [1.29, 1.82) is 0 Å². The summed E-state index contributed by atoms with van der Waals surface area (Å²) in [7, 11) is 0. The summed E-state index contributed by atoms with van der Waals surface area (Å²) in [4.78, 5) is 10.1. The van der Waals surface area contributed by atoms with Gasteiger partial charge in [0.05, 0.1) is 0 Å². The molecule has 0 aromatic rings. The van der Waals surface area contributed by atoms with E-state index in [2.05, 4.69) is 5.32 Å². The minimum Gasteiger partial charge on any atom is -0.326 e. The molecule has 1 aliphatic heterocycles. The van der Waals surface area contributed by atoms with Crippen molar-refractivity contribution in [1.82, 2.24) is 5.32 Å². The number of piperidine rings is 1. The Balaban J connectivity index is 2.32. The zero-order valence-corrected chi connectivity index (χ0v) is 6.05. The van der Waals surface area contributed by atoms with Gasteiger partial charge in [-0.3, -0.25) is 0 Å². The van der Waals surface area contributed by atoms with Crippen molar-refractivity contribution >= 4 is 6.29 Å². The number of nitrogens with one attached hydrogen (secondary N) is 1. The number of carbonyl (C=O) groups is 1. The van der Waals surface area contributed by atoms with Crippen molar-refractivity contribution in [2.24, 2.45) is 11.7 Å². The van der Waals surface area contributed by atoms with Gasteiger partial charge in [-0.15, -0.1) is 0 Å². The summed E-state index contributed by atoms with van der Waals surface area (Å²) in [6.07, 6.45) is 2.64. The Morgan fingerprint density at radius 2 is 2.50 bits per heavy atom. The van der Waals surface area contributed by atoms with Crippen LogP contribution in [0.5, 0.6) is 0 Å². The number of hydrogen-bond acceptors (Lipinski definition) is 3. The Hall–Kier alpha value is -0.410. The Labute approximate surface area is 61.0 Å². The van der Waals surface area contributed by atoms with Crippen LogP contribution < -0.4 is 11.1 Å². The van der Waals surface area contributed by atoms with Crippen LogP contribution in [0.15, 0.2) is 0 Å². The lowest BCUT2D eigenvalue weighted by atomic mass is 9.91. The van der Waals surface area contributed by atoms with Crippen molar-refractivity contribution in [3.63, 3.8) is 0 Å². The number of aldehydes is 1. The van der Waals surface area contributed by atoms with Crippen LogP contribution in [-0.4, -0.2) is 25.4 Å². The van der Waals surface area contributed by atoms with Crippen molar-refractivity contribution in [3.05, 3.63) is 0 Å². The first-order chi connectivity index (χ1) is 4.84. The topological polar surface area (TPSA) is 55.1 Å². The third-order valence-electron chi connectivity index (χ3n) is 2.08. The Bertz CT molecular complexity index is 116. The SMILES string of the molecule is NC1CNCCC1CC=O. The highest BCUT2D eigenvalue weighted by Gasteiger charge is 2.20. The molecular formula is C7H14N2O. The lowest BCUT2D eigenvalue weighted by Crippen LogP contribution is -2.46. The lowest BCUT2D eigenvalue weighted by molar-refractivity contribution is -0.108. The molecule has 0 amide bonds. The van der Waals surface area contributed by atoms with Gasteiger partial charge in [-0.05, 0) is 18.9 Å². The minimum atomic E-state index is 0.180. The molecule has 3 nitrogen and oxygen atoms in total. The van der Waals surface area contributed by atoms with E-state index in [4.69, 9.17) is 5.73 Å². The van der Waals surface area contributed by atoms with Crippen molar-refractivity contribution in [2.45, 2.75) is 18.9 Å². The van der Waals surface area contributed by atoms with Crippen LogP contribution in [0, 0.1) is 5.92 Å². The standard InChI is InChI=1S/C7H14N2O/c8-7-5-9-3-1-6(7)2-4-10/h4,6-7,9H,1-3,5,8H2. The number of rotatable bonds is 2. The summed E-state index contributed by atoms with van der Waals surface area (Å²) in [5, 5.41) is 3.18. The lowest BCUT2D eigenvalue weighted by Gasteiger charge is -2.27. The van der Waals surface area contributed by atoms with Crippen LogP contribution in [-0.2, 0) is 4.79 Å². The van der Waals surface area contributed by atoms with Crippen LogP contribution in [0.1, 0.15) is 12.8 Å². The highest BCUT2D eigenvalue weighted by Crippen LogP contribution is 2.12. The van der Waals surface area contributed by atoms with E-state index in [1.165, 1.54) is 0 Å². The second kappa shape index (κ2) is 3.68. The molecule has 1 rings (SSSR count). The maximum atomic E-state index is 10.1. The highest BCUT2D eigenvalue weighted by atomic mass is 16.1. The van der Waals surface area contributed by atoms with Gasteiger partial charge in [0.2, 0.25) is 0 Å². The molecule has 0 spiro atoms. The second-order valence-corrected chi connectivity index (χ2v) is 2.82. The predicted molar refractivity (Wildman–Crippen MR) is 39.6 cm³/mol. The Morgan fingerprint density at radius 1 is 1.70 bits per heavy atom. The van der Waals surface area contributed by atoms with E-state index in [9.17, 15) is 4.79 Å². The summed E-state index contributed by atoms with van der Waals surface area (Å²) in [5.41, 5.74) is 5.74. The first kappa shape index (κ1) is 7.69. The van der Waals surface area contributed by atoms with Gasteiger partial charge >= 0.3 is 0 Å². The van der Waals surface area contributed by atoms with E-state index in [0.29, 0.717) is 12.3 Å². The zero-order chi connectivity index (χ0) is 7.40. The minimum absolute atomic E-state index is 0.180. The molecule has 3 N–H and O–H groups in total. The molecule has 0 aromatic heterocycles. The fourth-order valence-electron chi connectivity index (χ4n) is 1.35. The van der Waals surface area contributed by atoms with Gasteiger partial charge in [-0.1, -0.05) is 0 Å². The van der Waals surface area contributed by atoms with E-state index in [1.54, 1.807) is 0 Å². The predicted octanol–water partition coefficient (Wildman–Crippen LogP) is -0.488. The molecule has 0 bridgehead atoms. The van der Waals surface area contributed by atoms with Gasteiger partial charge in [0.25, 0.3) is 0 Å². The van der Waals surface area contributed by atoms with Crippen LogP contribution in [0.3, 0.4) is 0 Å². The van der Waals surface area contributed by atoms with Gasteiger partial charge < -0.3 is 15.8 Å². The fourth-order valence-corrected chi connectivity index (χ4v) is 1.35. The third kappa shape index (κ3) is 1.78. The van der Waals surface area contributed by atoms with E-state index in [1.807, 2.05) is 0 Å². The first-order valence-electron chi connectivity index (χ1n) is 3.74. The van der Waals surface area contributed by atoms with Gasteiger partial charge in [-0.25, -0.2) is 0 Å². The Morgan fingerprint density at radius 3 is 3.10 bits per heavy atom. The third-order valence-corrected chi connectivity index (χ3v) is 2.08. The fraction of sp³-hybridized carbons (Fsp3) is 0.857. The number of carbonyl (C=O) groups excluding carboxylic acids is 1. The summed E-state index contributed by atoms with van der Waals surface area (Å²) in [6, 6.07) is 0.180. The molecule has 1 saturated heterocycles. The molecule has 0 saturated carbocycles. The summed E-state index contributed by atoms with van der Waals surface area (Å²) >= 11 is 0. The largest absolute Gasteiger partial charge is 0.326 e. The van der Waals surface area contributed by atoms with Crippen LogP contribution in [0.4, 0.5) is 0 Å².